The van der Waals surface area contributed by atoms with Crippen molar-refractivity contribution in [2.24, 2.45) is 11.7 Å². The summed E-state index contributed by atoms with van der Waals surface area (Å²) in [5, 5.41) is 1.12. The number of hydrogen-bond acceptors (Lipinski definition) is 4. The number of pyridine rings is 1. The van der Waals surface area contributed by atoms with Crippen molar-refractivity contribution in [2.45, 2.75) is 50.7 Å². The number of fused-ring (bicyclic) bond motifs is 1. The molecular weight excluding hydrogens is 336 g/mol. The minimum atomic E-state index is 0.214. The molecule has 2 N–H and O–H groups in total. The summed E-state index contributed by atoms with van der Waals surface area (Å²) < 4.78 is 0. The zero-order valence-corrected chi connectivity index (χ0v) is 16.2. The van der Waals surface area contributed by atoms with Gasteiger partial charge in [-0.05, 0) is 43.2 Å². The van der Waals surface area contributed by atoms with Crippen molar-refractivity contribution < 1.29 is 4.79 Å². The third-order valence-corrected chi connectivity index (χ3v) is 6.17. The first-order valence-electron chi connectivity index (χ1n) is 10.2. The summed E-state index contributed by atoms with van der Waals surface area (Å²) in [6.45, 7) is 2.43. The number of carbonyl (C=O) groups excluding carboxylic acids is 1. The standard InChI is InChI=1S/C22H30N4O/c1-25(15-18-5-2-4-17-6-3-11-24-22(17)18)21(27)12-19-9-10-20(13-23)26(19)14-16-7-8-16/h2-6,11,16,19-20H,7-10,12-15,23H2,1H3/t19-,20+/m0/s1. The summed E-state index contributed by atoms with van der Waals surface area (Å²) >= 11 is 0. The van der Waals surface area contributed by atoms with E-state index in [1.54, 1.807) is 0 Å². The fraction of sp³-hybridized carbons (Fsp3) is 0.545. The number of benzene rings is 1. The van der Waals surface area contributed by atoms with E-state index in [0.717, 1.165) is 41.8 Å². The number of likely N-dealkylation sites (tertiary alicyclic amines) is 1. The van der Waals surface area contributed by atoms with Gasteiger partial charge in [-0.1, -0.05) is 24.3 Å². The summed E-state index contributed by atoms with van der Waals surface area (Å²) in [5.41, 5.74) is 8.07. The van der Waals surface area contributed by atoms with Crippen molar-refractivity contribution in [1.29, 1.82) is 0 Å². The Balaban J connectivity index is 1.41. The summed E-state index contributed by atoms with van der Waals surface area (Å²) in [6.07, 6.45) is 7.29. The molecule has 2 atom stereocenters. The predicted molar refractivity (Wildman–Crippen MR) is 108 cm³/mol. The van der Waals surface area contributed by atoms with E-state index in [-0.39, 0.29) is 5.91 Å². The van der Waals surface area contributed by atoms with E-state index in [0.29, 0.717) is 31.6 Å². The van der Waals surface area contributed by atoms with Crippen LogP contribution in [0.5, 0.6) is 0 Å². The normalized spacial score (nSPS) is 23.0. The summed E-state index contributed by atoms with van der Waals surface area (Å²) in [5.74, 6) is 1.04. The van der Waals surface area contributed by atoms with Gasteiger partial charge in [0.15, 0.2) is 0 Å². The van der Waals surface area contributed by atoms with Gasteiger partial charge in [0, 0.05) is 56.8 Å². The molecule has 0 radical (unpaired) electrons. The second-order valence-corrected chi connectivity index (χ2v) is 8.21. The van der Waals surface area contributed by atoms with Gasteiger partial charge < -0.3 is 10.6 Å². The quantitative estimate of drug-likeness (QED) is 0.818. The minimum absolute atomic E-state index is 0.214. The van der Waals surface area contributed by atoms with Crippen LogP contribution in [-0.2, 0) is 11.3 Å². The van der Waals surface area contributed by atoms with Crippen LogP contribution in [0.25, 0.3) is 10.9 Å². The first kappa shape index (κ1) is 18.4. The van der Waals surface area contributed by atoms with E-state index in [4.69, 9.17) is 5.73 Å². The maximum atomic E-state index is 12.9. The Morgan fingerprint density at radius 1 is 1.19 bits per heavy atom. The van der Waals surface area contributed by atoms with Crippen LogP contribution in [0.2, 0.25) is 0 Å². The molecular formula is C22H30N4O. The SMILES string of the molecule is CN(Cc1cccc2cccnc12)C(=O)C[C@@H]1CC[C@H](CN)N1CC1CC1. The summed E-state index contributed by atoms with van der Waals surface area (Å²) in [6, 6.07) is 11.0. The molecule has 2 aliphatic rings. The van der Waals surface area contributed by atoms with Crippen molar-refractivity contribution in [1.82, 2.24) is 14.8 Å². The Hall–Kier alpha value is -1.98. The molecule has 1 aromatic heterocycles. The zero-order chi connectivity index (χ0) is 18.8. The zero-order valence-electron chi connectivity index (χ0n) is 16.2. The van der Waals surface area contributed by atoms with Crippen molar-refractivity contribution in [3.8, 4) is 0 Å². The van der Waals surface area contributed by atoms with E-state index >= 15 is 0 Å². The van der Waals surface area contributed by atoms with E-state index in [2.05, 4.69) is 28.1 Å². The van der Waals surface area contributed by atoms with Crippen LogP contribution in [-0.4, -0.2) is 52.9 Å². The molecule has 1 aromatic carbocycles. The molecule has 2 aromatic rings. The van der Waals surface area contributed by atoms with Gasteiger partial charge in [-0.3, -0.25) is 14.7 Å². The minimum Gasteiger partial charge on any atom is -0.341 e. The third-order valence-electron chi connectivity index (χ3n) is 6.17. The molecule has 1 saturated heterocycles. The van der Waals surface area contributed by atoms with Gasteiger partial charge in [0.1, 0.15) is 0 Å². The molecule has 1 aliphatic carbocycles. The summed E-state index contributed by atoms with van der Waals surface area (Å²) in [7, 11) is 1.91. The number of rotatable bonds is 7. The fourth-order valence-corrected chi connectivity index (χ4v) is 4.38. The van der Waals surface area contributed by atoms with E-state index < -0.39 is 0 Å². The topological polar surface area (TPSA) is 62.5 Å². The largest absolute Gasteiger partial charge is 0.341 e. The second-order valence-electron chi connectivity index (χ2n) is 8.21. The molecule has 5 heteroatoms. The third kappa shape index (κ3) is 4.14. The monoisotopic (exact) mass is 366 g/mol. The van der Waals surface area contributed by atoms with Gasteiger partial charge in [-0.25, -0.2) is 0 Å². The van der Waals surface area contributed by atoms with Gasteiger partial charge in [-0.15, -0.1) is 0 Å². The smallest absolute Gasteiger partial charge is 0.224 e. The average Bonchev–Trinajstić information content (AvgIpc) is 3.43. The van der Waals surface area contributed by atoms with Crippen LogP contribution in [0.15, 0.2) is 36.5 Å². The molecule has 0 bridgehead atoms. The maximum Gasteiger partial charge on any atom is 0.224 e. The lowest BCUT2D eigenvalue weighted by Crippen LogP contribution is -2.43. The van der Waals surface area contributed by atoms with Crippen LogP contribution >= 0.6 is 0 Å². The van der Waals surface area contributed by atoms with Crippen LogP contribution < -0.4 is 5.73 Å². The number of nitrogens with two attached hydrogens (primary N) is 1. The van der Waals surface area contributed by atoms with Crippen molar-refractivity contribution in [2.75, 3.05) is 20.1 Å². The first-order chi connectivity index (χ1) is 13.2. The molecule has 1 aliphatic heterocycles. The number of amides is 1. The number of carbonyl (C=O) groups is 1. The Morgan fingerprint density at radius 2 is 1.96 bits per heavy atom. The molecule has 0 unspecified atom stereocenters. The van der Waals surface area contributed by atoms with Gasteiger partial charge in [0.25, 0.3) is 0 Å². The van der Waals surface area contributed by atoms with Crippen molar-refractivity contribution >= 4 is 16.8 Å². The molecule has 2 heterocycles. The Kier molecular flexibility index (Phi) is 5.41. The molecule has 0 spiro atoms. The van der Waals surface area contributed by atoms with Crippen LogP contribution in [0.3, 0.4) is 0 Å². The first-order valence-corrected chi connectivity index (χ1v) is 10.2. The Labute approximate surface area is 161 Å². The number of para-hydroxylation sites is 1. The lowest BCUT2D eigenvalue weighted by atomic mass is 10.1. The molecule has 4 rings (SSSR count). The van der Waals surface area contributed by atoms with E-state index in [1.807, 2.05) is 30.3 Å². The van der Waals surface area contributed by atoms with Crippen molar-refractivity contribution in [3.63, 3.8) is 0 Å². The number of aromatic nitrogens is 1. The molecule has 2 fully saturated rings. The van der Waals surface area contributed by atoms with Crippen LogP contribution in [0.1, 0.15) is 37.7 Å². The number of nitrogens with zero attached hydrogens (tertiary/aromatic N) is 3. The van der Waals surface area contributed by atoms with Crippen LogP contribution in [0, 0.1) is 5.92 Å². The molecule has 1 amide bonds. The van der Waals surface area contributed by atoms with Gasteiger partial charge in [-0.2, -0.15) is 0 Å². The average molecular weight is 367 g/mol. The number of hydrogen-bond donors (Lipinski definition) is 1. The molecule has 5 nitrogen and oxygen atoms in total. The molecule has 27 heavy (non-hydrogen) atoms. The summed E-state index contributed by atoms with van der Waals surface area (Å²) in [4.78, 5) is 21.8. The predicted octanol–water partition coefficient (Wildman–Crippen LogP) is 2.79. The highest BCUT2D eigenvalue weighted by Crippen LogP contribution is 2.35. The lowest BCUT2D eigenvalue weighted by molar-refractivity contribution is -0.131. The highest BCUT2D eigenvalue weighted by molar-refractivity contribution is 5.82. The van der Waals surface area contributed by atoms with E-state index in [9.17, 15) is 4.79 Å². The van der Waals surface area contributed by atoms with Gasteiger partial charge in [0.2, 0.25) is 5.91 Å². The van der Waals surface area contributed by atoms with E-state index in [1.165, 1.54) is 12.8 Å². The van der Waals surface area contributed by atoms with Crippen LogP contribution in [0.4, 0.5) is 0 Å². The highest BCUT2D eigenvalue weighted by Gasteiger charge is 2.37. The Morgan fingerprint density at radius 3 is 2.74 bits per heavy atom. The molecule has 1 saturated carbocycles. The van der Waals surface area contributed by atoms with Gasteiger partial charge >= 0.3 is 0 Å². The highest BCUT2D eigenvalue weighted by atomic mass is 16.2. The maximum absolute atomic E-state index is 12.9. The fourth-order valence-electron chi connectivity index (χ4n) is 4.38. The molecule has 144 valence electrons. The second kappa shape index (κ2) is 7.95. The van der Waals surface area contributed by atoms with Crippen molar-refractivity contribution in [3.05, 3.63) is 42.1 Å². The van der Waals surface area contributed by atoms with Gasteiger partial charge in [0.05, 0.1) is 5.52 Å². The Bertz CT molecular complexity index is 799. The lowest BCUT2D eigenvalue weighted by Gasteiger charge is -2.30.